The van der Waals surface area contributed by atoms with Gasteiger partial charge in [0, 0.05) is 23.4 Å². The summed E-state index contributed by atoms with van der Waals surface area (Å²) in [5.41, 5.74) is 1.23. The summed E-state index contributed by atoms with van der Waals surface area (Å²) in [6.45, 7) is 3.16. The van der Waals surface area contributed by atoms with Gasteiger partial charge in [0.25, 0.3) is 0 Å². The van der Waals surface area contributed by atoms with Gasteiger partial charge in [-0.3, -0.25) is 0 Å². The molecule has 3 aliphatic rings. The monoisotopic (exact) mass is 264 g/mol. The molecule has 1 saturated carbocycles. The van der Waals surface area contributed by atoms with E-state index < -0.39 is 0 Å². The summed E-state index contributed by atoms with van der Waals surface area (Å²) >= 11 is 1.91. The lowest BCUT2D eigenvalue weighted by molar-refractivity contribution is 0.101. The molecule has 0 radical (unpaired) electrons. The van der Waals surface area contributed by atoms with E-state index in [1.165, 1.54) is 47.7 Å². The van der Waals surface area contributed by atoms with E-state index in [4.69, 9.17) is 9.72 Å². The van der Waals surface area contributed by atoms with Gasteiger partial charge < -0.3 is 10.1 Å². The van der Waals surface area contributed by atoms with Crippen LogP contribution in [0.25, 0.3) is 0 Å². The molecule has 1 aromatic heterocycles. The van der Waals surface area contributed by atoms with Crippen LogP contribution in [-0.4, -0.2) is 23.2 Å². The number of aryl methyl sites for hydroxylation is 1. The molecule has 1 aromatic rings. The number of rotatable bonds is 4. The molecule has 2 saturated heterocycles. The Morgan fingerprint density at radius 1 is 1.33 bits per heavy atom. The van der Waals surface area contributed by atoms with Gasteiger partial charge in [-0.05, 0) is 39.0 Å². The van der Waals surface area contributed by atoms with Crippen LogP contribution in [0.15, 0.2) is 0 Å². The van der Waals surface area contributed by atoms with Crippen molar-refractivity contribution >= 4 is 11.3 Å². The number of thiazole rings is 1. The van der Waals surface area contributed by atoms with Crippen molar-refractivity contribution in [2.24, 2.45) is 0 Å². The number of fused-ring (bicyclic) bond motifs is 2. The lowest BCUT2D eigenvalue weighted by Gasteiger charge is -2.15. The molecule has 98 valence electrons. The summed E-state index contributed by atoms with van der Waals surface area (Å²) in [6.07, 6.45) is 7.40. The molecule has 3 nitrogen and oxygen atoms in total. The number of aromatic nitrogens is 1. The Labute approximate surface area is 112 Å². The van der Waals surface area contributed by atoms with E-state index in [0.717, 1.165) is 12.6 Å². The molecule has 18 heavy (non-hydrogen) atoms. The predicted octanol–water partition coefficient (Wildman–Crippen LogP) is 2.74. The normalized spacial score (nSPS) is 34.4. The van der Waals surface area contributed by atoms with E-state index >= 15 is 0 Å². The molecular weight excluding hydrogens is 244 g/mol. The standard InChI is InChI=1S/C14H20N2OS/c1-8-13(7-15-9-2-3-9)18-14(16-8)11-6-10-4-5-12(11)17-10/h9-12,15H,2-7H2,1H3. The van der Waals surface area contributed by atoms with E-state index in [1.807, 2.05) is 11.3 Å². The summed E-state index contributed by atoms with van der Waals surface area (Å²) in [5.74, 6) is 0.585. The van der Waals surface area contributed by atoms with Gasteiger partial charge in [-0.15, -0.1) is 11.3 Å². The van der Waals surface area contributed by atoms with Crippen LogP contribution < -0.4 is 5.32 Å². The van der Waals surface area contributed by atoms with E-state index in [9.17, 15) is 0 Å². The molecule has 1 aliphatic carbocycles. The van der Waals surface area contributed by atoms with Gasteiger partial charge in [0.2, 0.25) is 0 Å². The second-order valence-electron chi connectivity index (χ2n) is 5.93. The van der Waals surface area contributed by atoms with Crippen molar-refractivity contribution in [2.45, 2.75) is 69.7 Å². The molecule has 0 spiro atoms. The molecule has 3 unspecified atom stereocenters. The SMILES string of the molecule is Cc1nc(C2CC3CCC2O3)sc1CNC1CC1. The van der Waals surface area contributed by atoms with Crippen molar-refractivity contribution in [3.8, 4) is 0 Å². The second-order valence-corrected chi connectivity index (χ2v) is 7.05. The Morgan fingerprint density at radius 2 is 2.22 bits per heavy atom. The average Bonchev–Trinajstić information content (AvgIpc) is 2.81. The molecule has 4 rings (SSSR count). The third-order valence-corrected chi connectivity index (χ3v) is 5.75. The highest BCUT2D eigenvalue weighted by atomic mass is 32.1. The molecule has 0 amide bonds. The minimum atomic E-state index is 0.463. The highest BCUT2D eigenvalue weighted by Crippen LogP contribution is 2.45. The van der Waals surface area contributed by atoms with Crippen LogP contribution in [-0.2, 0) is 11.3 Å². The quantitative estimate of drug-likeness (QED) is 0.908. The summed E-state index contributed by atoms with van der Waals surface area (Å²) in [7, 11) is 0. The van der Waals surface area contributed by atoms with Gasteiger partial charge in [0.1, 0.15) is 0 Å². The predicted molar refractivity (Wildman–Crippen MR) is 72.0 cm³/mol. The van der Waals surface area contributed by atoms with Gasteiger partial charge in [-0.1, -0.05) is 0 Å². The van der Waals surface area contributed by atoms with E-state index in [2.05, 4.69) is 12.2 Å². The van der Waals surface area contributed by atoms with Crippen molar-refractivity contribution in [1.82, 2.24) is 10.3 Å². The molecule has 3 atom stereocenters. The molecular formula is C14H20N2OS. The average molecular weight is 264 g/mol. The topological polar surface area (TPSA) is 34.1 Å². The van der Waals surface area contributed by atoms with Crippen molar-refractivity contribution in [2.75, 3.05) is 0 Å². The lowest BCUT2D eigenvalue weighted by Crippen LogP contribution is -2.14. The molecule has 2 bridgehead atoms. The largest absolute Gasteiger partial charge is 0.374 e. The Hall–Kier alpha value is -0.450. The van der Waals surface area contributed by atoms with E-state index in [-0.39, 0.29) is 0 Å². The smallest absolute Gasteiger partial charge is 0.0989 e. The van der Waals surface area contributed by atoms with Crippen molar-refractivity contribution < 1.29 is 4.74 Å². The fourth-order valence-corrected chi connectivity index (χ4v) is 4.38. The Balaban J connectivity index is 1.49. The van der Waals surface area contributed by atoms with Crippen molar-refractivity contribution in [3.05, 3.63) is 15.6 Å². The van der Waals surface area contributed by atoms with Crippen LogP contribution in [0.2, 0.25) is 0 Å². The Morgan fingerprint density at radius 3 is 2.89 bits per heavy atom. The second kappa shape index (κ2) is 4.29. The van der Waals surface area contributed by atoms with E-state index in [0.29, 0.717) is 18.1 Å². The maximum atomic E-state index is 5.95. The van der Waals surface area contributed by atoms with Crippen molar-refractivity contribution in [3.63, 3.8) is 0 Å². The minimum absolute atomic E-state index is 0.463. The zero-order valence-electron chi connectivity index (χ0n) is 10.8. The third-order valence-electron chi connectivity index (χ3n) is 4.46. The number of ether oxygens (including phenoxy) is 1. The zero-order chi connectivity index (χ0) is 12.1. The summed E-state index contributed by atoms with van der Waals surface area (Å²) in [6, 6.07) is 0.778. The number of nitrogens with zero attached hydrogens (tertiary/aromatic N) is 1. The molecule has 2 aliphatic heterocycles. The van der Waals surface area contributed by atoms with E-state index in [1.54, 1.807) is 0 Å². The fraction of sp³-hybridized carbons (Fsp3) is 0.786. The summed E-state index contributed by atoms with van der Waals surface area (Å²) in [5, 5.41) is 4.92. The molecule has 3 fully saturated rings. The first-order valence-electron chi connectivity index (χ1n) is 7.14. The lowest BCUT2D eigenvalue weighted by atomic mass is 9.90. The number of hydrogen-bond donors (Lipinski definition) is 1. The van der Waals surface area contributed by atoms with Crippen LogP contribution in [0.5, 0.6) is 0 Å². The van der Waals surface area contributed by atoms with Crippen LogP contribution in [0.3, 0.4) is 0 Å². The van der Waals surface area contributed by atoms with Crippen LogP contribution >= 0.6 is 11.3 Å². The first-order chi connectivity index (χ1) is 8.79. The zero-order valence-corrected chi connectivity index (χ0v) is 11.6. The van der Waals surface area contributed by atoms with Gasteiger partial charge in [0.15, 0.2) is 0 Å². The Bertz CT molecular complexity index is 455. The van der Waals surface area contributed by atoms with Gasteiger partial charge >= 0.3 is 0 Å². The van der Waals surface area contributed by atoms with Crippen LogP contribution in [0.4, 0.5) is 0 Å². The van der Waals surface area contributed by atoms with Crippen LogP contribution in [0, 0.1) is 6.92 Å². The summed E-state index contributed by atoms with van der Waals surface area (Å²) < 4.78 is 5.95. The molecule has 1 N–H and O–H groups in total. The maximum Gasteiger partial charge on any atom is 0.0989 e. The molecule has 4 heteroatoms. The number of nitrogens with one attached hydrogen (secondary N) is 1. The molecule has 3 heterocycles. The highest BCUT2D eigenvalue weighted by molar-refractivity contribution is 7.11. The first-order valence-corrected chi connectivity index (χ1v) is 7.96. The fourth-order valence-electron chi connectivity index (χ4n) is 3.20. The minimum Gasteiger partial charge on any atom is -0.374 e. The first kappa shape index (κ1) is 11.4. The summed E-state index contributed by atoms with van der Waals surface area (Å²) in [4.78, 5) is 6.24. The third kappa shape index (κ3) is 2.00. The maximum absolute atomic E-state index is 5.95. The van der Waals surface area contributed by atoms with Crippen molar-refractivity contribution in [1.29, 1.82) is 0 Å². The Kier molecular flexibility index (Phi) is 2.71. The van der Waals surface area contributed by atoms with Crippen LogP contribution in [0.1, 0.15) is 53.6 Å². The highest BCUT2D eigenvalue weighted by Gasteiger charge is 2.43. The van der Waals surface area contributed by atoms with Gasteiger partial charge in [-0.25, -0.2) is 4.98 Å². The molecule has 0 aromatic carbocycles. The number of hydrogen-bond acceptors (Lipinski definition) is 4. The van der Waals surface area contributed by atoms with Gasteiger partial charge in [0.05, 0.1) is 22.9 Å². The van der Waals surface area contributed by atoms with Gasteiger partial charge in [-0.2, -0.15) is 0 Å².